The molecule has 0 bridgehead atoms. The van der Waals surface area contributed by atoms with Crippen LogP contribution in [-0.4, -0.2) is 9.38 Å². The van der Waals surface area contributed by atoms with Gasteiger partial charge in [0.1, 0.15) is 5.65 Å². The van der Waals surface area contributed by atoms with Crippen LogP contribution in [0.3, 0.4) is 0 Å². The van der Waals surface area contributed by atoms with Crippen LogP contribution < -0.4 is 0 Å². The molecule has 2 heteroatoms. The second kappa shape index (κ2) is 4.95. The third-order valence-corrected chi connectivity index (χ3v) is 5.52. The molecule has 5 aromatic rings. The van der Waals surface area contributed by atoms with Gasteiger partial charge in [-0.3, -0.25) is 4.40 Å². The first-order valence-electron chi connectivity index (χ1n) is 10.4. The summed E-state index contributed by atoms with van der Waals surface area (Å²) in [5.41, 5.74) is 5.54. The van der Waals surface area contributed by atoms with E-state index in [9.17, 15) is 0 Å². The zero-order valence-electron chi connectivity index (χ0n) is 17.1. The third kappa shape index (κ3) is 1.69. The Morgan fingerprint density at radius 1 is 0.885 bits per heavy atom. The minimum absolute atomic E-state index is 0.493. The van der Waals surface area contributed by atoms with Gasteiger partial charge in [0.15, 0.2) is 0 Å². The highest BCUT2D eigenvalue weighted by atomic mass is 15.0. The van der Waals surface area contributed by atoms with Crippen LogP contribution in [0.1, 0.15) is 28.1 Å². The molecule has 124 valence electrons. The van der Waals surface area contributed by atoms with E-state index in [4.69, 9.17) is 9.10 Å². The summed E-state index contributed by atoms with van der Waals surface area (Å²) in [5, 5.41) is 3.35. The first-order valence-corrected chi connectivity index (χ1v) is 8.94. The van der Waals surface area contributed by atoms with Crippen molar-refractivity contribution in [1.82, 2.24) is 9.38 Å². The van der Waals surface area contributed by atoms with E-state index < -0.39 is 12.8 Å². The van der Waals surface area contributed by atoms with Crippen LogP contribution in [0, 0.1) is 0 Å². The molecule has 2 aromatic heterocycles. The van der Waals surface area contributed by atoms with Gasteiger partial charge < -0.3 is 0 Å². The molecule has 0 amide bonds. The molecule has 0 fully saturated rings. The fraction of sp³-hybridized carbons (Fsp3) is 0.125. The zero-order valence-corrected chi connectivity index (χ0v) is 14.1. The van der Waals surface area contributed by atoms with E-state index >= 15 is 0 Å². The van der Waals surface area contributed by atoms with Gasteiger partial charge in [0.25, 0.3) is 0 Å². The Balaban J connectivity index is 1.89. The molecule has 0 spiro atoms. The van der Waals surface area contributed by atoms with Gasteiger partial charge in [-0.05, 0) is 17.4 Å². The predicted octanol–water partition coefficient (Wildman–Crippen LogP) is 5.97. The minimum atomic E-state index is -2.11. The van der Waals surface area contributed by atoms with E-state index in [0.717, 1.165) is 49.8 Å². The molecule has 1 atom stereocenters. The molecule has 0 aliphatic carbocycles. The van der Waals surface area contributed by atoms with Gasteiger partial charge in [-0.2, -0.15) is 0 Å². The molecule has 0 N–H and O–H groups in total. The first kappa shape index (κ1) is 11.5. The molecule has 2 nitrogen and oxygen atoms in total. The summed E-state index contributed by atoms with van der Waals surface area (Å²) >= 11 is 0. The largest absolute Gasteiger partial charge is 0.295 e. The molecule has 0 radical (unpaired) electrons. The average molecular weight is 337 g/mol. The normalized spacial score (nSPS) is 18.3. The van der Waals surface area contributed by atoms with Crippen molar-refractivity contribution in [3.63, 3.8) is 0 Å². The van der Waals surface area contributed by atoms with Gasteiger partial charge in [0, 0.05) is 26.4 Å². The van der Waals surface area contributed by atoms with E-state index in [2.05, 4.69) is 28.7 Å². The monoisotopic (exact) mass is 337 g/mol. The highest BCUT2D eigenvalue weighted by molar-refractivity contribution is 6.13. The van der Waals surface area contributed by atoms with Gasteiger partial charge in [-0.1, -0.05) is 79.6 Å². The number of para-hydroxylation sites is 1. The lowest BCUT2D eigenvalue weighted by Crippen LogP contribution is -2.12. The smallest absolute Gasteiger partial charge is 0.146 e. The van der Waals surface area contributed by atoms with E-state index in [1.807, 2.05) is 48.5 Å². The van der Waals surface area contributed by atoms with Crippen molar-refractivity contribution in [2.75, 3.05) is 0 Å². The molecule has 1 unspecified atom stereocenters. The molecule has 1 aliphatic heterocycles. The van der Waals surface area contributed by atoms with Gasteiger partial charge in [0.2, 0.25) is 0 Å². The van der Waals surface area contributed by atoms with Crippen LogP contribution >= 0.6 is 0 Å². The van der Waals surface area contributed by atoms with E-state index in [0.29, 0.717) is 6.42 Å². The first-order chi connectivity index (χ1) is 14.0. The fourth-order valence-corrected chi connectivity index (χ4v) is 4.44. The highest BCUT2D eigenvalue weighted by Gasteiger charge is 2.27. The molecule has 6 rings (SSSR count). The van der Waals surface area contributed by atoms with Crippen LogP contribution in [0.25, 0.3) is 38.6 Å². The third-order valence-electron chi connectivity index (χ3n) is 5.52. The average Bonchev–Trinajstić information content (AvgIpc) is 3.14. The Kier molecular flexibility index (Phi) is 2.19. The lowest BCUT2D eigenvalue weighted by molar-refractivity contribution is 0.712. The molecule has 0 saturated carbocycles. The van der Waals surface area contributed by atoms with Crippen molar-refractivity contribution in [2.24, 2.45) is 0 Å². The molecule has 3 aromatic carbocycles. The van der Waals surface area contributed by atoms with Crippen LogP contribution in [0.15, 0.2) is 72.8 Å². The van der Waals surface area contributed by atoms with E-state index in [1.54, 1.807) is 0 Å². The summed E-state index contributed by atoms with van der Waals surface area (Å²) < 4.78 is 26.9. The Bertz CT molecular complexity index is 1420. The van der Waals surface area contributed by atoms with Crippen LogP contribution in [-0.2, 0) is 6.42 Å². The van der Waals surface area contributed by atoms with Crippen molar-refractivity contribution in [2.45, 2.75) is 19.2 Å². The Morgan fingerprint density at radius 2 is 1.65 bits per heavy atom. The number of imidazole rings is 1. The van der Waals surface area contributed by atoms with Crippen molar-refractivity contribution in [1.29, 1.82) is 0 Å². The van der Waals surface area contributed by atoms with Gasteiger partial charge >= 0.3 is 0 Å². The predicted molar refractivity (Wildman–Crippen MR) is 108 cm³/mol. The molecule has 1 aliphatic rings. The Morgan fingerprint density at radius 3 is 2.50 bits per heavy atom. The van der Waals surface area contributed by atoms with Crippen LogP contribution in [0.2, 0.25) is 0 Å². The number of nitrogens with zero attached hydrogens (tertiary/aromatic N) is 2. The molecule has 3 heterocycles. The number of benzene rings is 3. The van der Waals surface area contributed by atoms with Crippen LogP contribution in [0.5, 0.6) is 0 Å². The number of pyridine rings is 1. The zero-order chi connectivity index (χ0) is 19.8. The summed E-state index contributed by atoms with van der Waals surface area (Å²) in [6, 6.07) is 24.4. The van der Waals surface area contributed by atoms with Crippen LogP contribution in [0.4, 0.5) is 0 Å². The maximum Gasteiger partial charge on any atom is 0.146 e. The maximum absolute atomic E-state index is 8.28. The van der Waals surface area contributed by atoms with E-state index in [-0.39, 0.29) is 0 Å². The maximum atomic E-state index is 8.28. The lowest BCUT2D eigenvalue weighted by atomic mass is 9.89. The lowest BCUT2D eigenvalue weighted by Gasteiger charge is -2.23. The fourth-order valence-electron chi connectivity index (χ4n) is 4.44. The number of aromatic nitrogens is 2. The summed E-state index contributed by atoms with van der Waals surface area (Å²) in [6.45, 7) is -2.11. The van der Waals surface area contributed by atoms with Crippen molar-refractivity contribution < 1.29 is 4.11 Å². The van der Waals surface area contributed by atoms with Crippen molar-refractivity contribution >= 4 is 27.3 Å². The van der Waals surface area contributed by atoms with Crippen molar-refractivity contribution in [3.8, 4) is 11.3 Å². The second-order valence-electron chi connectivity index (χ2n) is 6.99. The summed E-state index contributed by atoms with van der Waals surface area (Å²) in [5.74, 6) is -0.591. The molecule has 0 saturated heterocycles. The van der Waals surface area contributed by atoms with E-state index in [1.165, 1.54) is 0 Å². The number of hydrogen-bond acceptors (Lipinski definition) is 1. The molecule has 26 heavy (non-hydrogen) atoms. The minimum Gasteiger partial charge on any atom is -0.295 e. The molecular weight excluding hydrogens is 316 g/mol. The van der Waals surface area contributed by atoms with Gasteiger partial charge in [-0.25, -0.2) is 4.98 Å². The number of hydrogen-bond donors (Lipinski definition) is 0. The summed E-state index contributed by atoms with van der Waals surface area (Å²) in [7, 11) is 0. The SMILES string of the molecule is [2H]C([2H])([2H])C1Cc2cccc3c4ccccc4c4nc(-c5ccccc5)c1n4c23. The number of rotatable bonds is 1. The Labute approximate surface area is 155 Å². The Hall–Kier alpha value is -3.13. The summed E-state index contributed by atoms with van der Waals surface area (Å²) in [6.07, 6.45) is 0.493. The standard InChI is InChI=1S/C24H18N2/c1-15-14-17-10-7-13-19-18-11-5-6-12-20(18)24-25-21(16-8-3-2-4-9-16)22(15)26(24)23(17)19/h2-13,15H,14H2,1H3/i1D3. The highest BCUT2D eigenvalue weighted by Crippen LogP contribution is 2.42. The topological polar surface area (TPSA) is 17.3 Å². The second-order valence-corrected chi connectivity index (χ2v) is 6.99. The quantitative estimate of drug-likeness (QED) is 0.345. The van der Waals surface area contributed by atoms with Gasteiger partial charge in [0.05, 0.1) is 16.9 Å². The number of fused-ring (bicyclic) bond motifs is 3. The molecular formula is C24H18N2. The van der Waals surface area contributed by atoms with Crippen molar-refractivity contribution in [3.05, 3.63) is 84.1 Å². The van der Waals surface area contributed by atoms with Gasteiger partial charge in [-0.15, -0.1) is 0 Å². The summed E-state index contributed by atoms with van der Waals surface area (Å²) in [4.78, 5) is 5.04.